The average Bonchev–Trinajstić information content (AvgIpc) is 2.74. The zero-order chi connectivity index (χ0) is 19.9. The summed E-state index contributed by atoms with van der Waals surface area (Å²) in [7, 11) is 3.07. The lowest BCUT2D eigenvalue weighted by Gasteiger charge is -2.27. The molecule has 0 radical (unpaired) electrons. The Morgan fingerprint density at radius 2 is 1.89 bits per heavy atom. The van der Waals surface area contributed by atoms with Crippen LogP contribution in [0.4, 0.5) is 11.8 Å². The molecule has 150 valence electrons. The highest BCUT2D eigenvalue weighted by Crippen LogP contribution is 2.39. The van der Waals surface area contributed by atoms with E-state index < -0.39 is 0 Å². The van der Waals surface area contributed by atoms with Gasteiger partial charge in [-0.05, 0) is 17.8 Å². The molecule has 3 rings (SSSR count). The number of anilines is 2. The van der Waals surface area contributed by atoms with Crippen molar-refractivity contribution < 1.29 is 19.0 Å². The van der Waals surface area contributed by atoms with E-state index in [0.717, 1.165) is 0 Å². The van der Waals surface area contributed by atoms with Crippen LogP contribution in [0.25, 0.3) is 0 Å². The fraction of sp³-hybridized carbons (Fsp3) is 0.471. The molecule has 0 aromatic carbocycles. The number of nitrogens with one attached hydrogen (secondary N) is 1. The molecule has 28 heavy (non-hydrogen) atoms. The highest BCUT2D eigenvalue weighted by atomic mass is 32.2. The predicted octanol–water partition coefficient (Wildman–Crippen LogP) is 1.62. The van der Waals surface area contributed by atoms with Gasteiger partial charge in [0.05, 0.1) is 27.4 Å². The van der Waals surface area contributed by atoms with E-state index in [9.17, 15) is 4.79 Å². The normalized spacial score (nSPS) is 13.9. The van der Waals surface area contributed by atoms with Gasteiger partial charge in [0.25, 0.3) is 0 Å². The van der Waals surface area contributed by atoms with E-state index >= 15 is 0 Å². The van der Waals surface area contributed by atoms with E-state index in [1.807, 2.05) is 4.90 Å². The van der Waals surface area contributed by atoms with E-state index in [2.05, 4.69) is 25.3 Å². The van der Waals surface area contributed by atoms with Crippen LogP contribution >= 0.6 is 11.8 Å². The maximum atomic E-state index is 11.6. The van der Waals surface area contributed by atoms with Crippen molar-refractivity contribution in [3.05, 3.63) is 12.3 Å². The topological polar surface area (TPSA) is 112 Å². The summed E-state index contributed by atoms with van der Waals surface area (Å²) in [5.41, 5.74) is 0. The van der Waals surface area contributed by atoms with E-state index in [1.165, 1.54) is 26.0 Å². The lowest BCUT2D eigenvalue weighted by Crippen LogP contribution is -2.37. The number of morpholine rings is 1. The molecule has 1 amide bonds. The molecule has 3 heterocycles. The Hall–Kier alpha value is -2.66. The van der Waals surface area contributed by atoms with Crippen molar-refractivity contribution in [2.75, 3.05) is 50.7 Å². The first-order valence-corrected chi connectivity index (χ1v) is 9.59. The summed E-state index contributed by atoms with van der Waals surface area (Å²) in [5, 5.41) is 3.12. The van der Waals surface area contributed by atoms with Crippen molar-refractivity contribution in [3.63, 3.8) is 0 Å². The van der Waals surface area contributed by atoms with Crippen molar-refractivity contribution in [2.45, 2.75) is 23.4 Å². The largest absolute Gasteiger partial charge is 0.480 e. The third kappa shape index (κ3) is 4.78. The maximum absolute atomic E-state index is 11.6. The van der Waals surface area contributed by atoms with Gasteiger partial charge in [-0.15, -0.1) is 0 Å². The van der Waals surface area contributed by atoms with Crippen LogP contribution < -0.4 is 19.7 Å². The number of hydrogen-bond acceptors (Lipinski definition) is 10. The van der Waals surface area contributed by atoms with Crippen molar-refractivity contribution in [1.82, 2.24) is 19.9 Å². The quantitative estimate of drug-likeness (QED) is 0.681. The lowest BCUT2D eigenvalue weighted by atomic mass is 10.4. The number of rotatable bonds is 7. The van der Waals surface area contributed by atoms with Gasteiger partial charge in [-0.3, -0.25) is 4.79 Å². The molecule has 2 aromatic heterocycles. The van der Waals surface area contributed by atoms with Gasteiger partial charge in [0.1, 0.15) is 10.7 Å². The van der Waals surface area contributed by atoms with Gasteiger partial charge in [0, 0.05) is 25.7 Å². The smallest absolute Gasteiger partial charge is 0.236 e. The van der Waals surface area contributed by atoms with Crippen molar-refractivity contribution >= 4 is 29.4 Å². The number of ether oxygens (including phenoxy) is 3. The second-order valence-corrected chi connectivity index (χ2v) is 6.68. The van der Waals surface area contributed by atoms with Gasteiger partial charge in [-0.2, -0.15) is 9.97 Å². The Morgan fingerprint density at radius 1 is 1.21 bits per heavy atom. The molecule has 0 saturated carbocycles. The van der Waals surface area contributed by atoms with E-state index in [-0.39, 0.29) is 5.91 Å². The highest BCUT2D eigenvalue weighted by molar-refractivity contribution is 7.99. The standard InChI is InChI=1S/C17H22N6O4S/c1-4-12(24)19-11-5-6-18-17(20-11)28-13-14(25-2)21-16(22-15(13)26-3)23-7-9-27-10-8-23/h5-6H,4,7-10H2,1-3H3,(H,18,19,20,24). The molecule has 0 aliphatic carbocycles. The fourth-order valence-corrected chi connectivity index (χ4v) is 3.32. The molecule has 0 spiro atoms. The zero-order valence-electron chi connectivity index (χ0n) is 16.0. The first-order valence-electron chi connectivity index (χ1n) is 8.78. The van der Waals surface area contributed by atoms with Crippen molar-refractivity contribution in [1.29, 1.82) is 0 Å². The third-order valence-corrected chi connectivity index (χ3v) is 4.82. The van der Waals surface area contributed by atoms with Crippen LogP contribution in [-0.4, -0.2) is 66.4 Å². The Balaban J connectivity index is 1.88. The molecule has 1 aliphatic rings. The number of nitrogens with zero attached hydrogens (tertiary/aromatic N) is 5. The Bertz CT molecular complexity index is 806. The second kappa shape index (κ2) is 9.51. The second-order valence-electron chi connectivity index (χ2n) is 5.70. The molecular weight excluding hydrogens is 384 g/mol. The third-order valence-electron chi connectivity index (χ3n) is 3.89. The van der Waals surface area contributed by atoms with Gasteiger partial charge in [-0.25, -0.2) is 9.97 Å². The van der Waals surface area contributed by atoms with Crippen molar-refractivity contribution in [3.8, 4) is 11.8 Å². The first kappa shape index (κ1) is 20.1. The van der Waals surface area contributed by atoms with Crippen molar-refractivity contribution in [2.24, 2.45) is 0 Å². The number of carbonyl (C=O) groups excluding carboxylic acids is 1. The fourth-order valence-electron chi connectivity index (χ4n) is 2.45. The van der Waals surface area contributed by atoms with Crippen LogP contribution in [0.15, 0.2) is 22.3 Å². The molecule has 0 unspecified atom stereocenters. The first-order chi connectivity index (χ1) is 13.6. The monoisotopic (exact) mass is 406 g/mol. The molecule has 1 aliphatic heterocycles. The average molecular weight is 406 g/mol. The summed E-state index contributed by atoms with van der Waals surface area (Å²) in [4.78, 5) is 31.8. The van der Waals surface area contributed by atoms with Gasteiger partial charge in [-0.1, -0.05) is 6.92 Å². The molecule has 2 aromatic rings. The summed E-state index contributed by atoms with van der Waals surface area (Å²) in [6.45, 7) is 4.40. The molecule has 1 N–H and O–H groups in total. The van der Waals surface area contributed by atoms with E-state index in [1.54, 1.807) is 19.2 Å². The number of carbonyl (C=O) groups is 1. The minimum atomic E-state index is -0.122. The number of methoxy groups -OCH3 is 2. The van der Waals surface area contributed by atoms with Crippen LogP contribution in [-0.2, 0) is 9.53 Å². The lowest BCUT2D eigenvalue weighted by molar-refractivity contribution is -0.115. The van der Waals surface area contributed by atoms with E-state index in [4.69, 9.17) is 14.2 Å². The summed E-state index contributed by atoms with van der Waals surface area (Å²) in [6, 6.07) is 1.63. The summed E-state index contributed by atoms with van der Waals surface area (Å²) >= 11 is 1.20. The maximum Gasteiger partial charge on any atom is 0.236 e. The van der Waals surface area contributed by atoms with Gasteiger partial charge >= 0.3 is 0 Å². The van der Waals surface area contributed by atoms with Crippen LogP contribution in [0.5, 0.6) is 11.8 Å². The van der Waals surface area contributed by atoms with Crippen LogP contribution in [0, 0.1) is 0 Å². The molecule has 0 atom stereocenters. The Morgan fingerprint density at radius 3 is 2.50 bits per heavy atom. The van der Waals surface area contributed by atoms with Gasteiger partial charge in [0.15, 0.2) is 5.16 Å². The molecule has 11 heteroatoms. The van der Waals surface area contributed by atoms with Crippen LogP contribution in [0.3, 0.4) is 0 Å². The SMILES string of the molecule is CCC(=O)Nc1ccnc(Sc2c(OC)nc(N3CCOCC3)nc2OC)n1. The molecule has 1 saturated heterocycles. The summed E-state index contributed by atoms with van der Waals surface area (Å²) in [6.07, 6.45) is 1.94. The minimum Gasteiger partial charge on any atom is -0.480 e. The molecular formula is C17H22N6O4S. The number of aromatic nitrogens is 4. The predicted molar refractivity (Wildman–Crippen MR) is 103 cm³/mol. The minimum absolute atomic E-state index is 0.122. The zero-order valence-corrected chi connectivity index (χ0v) is 16.8. The van der Waals surface area contributed by atoms with Crippen LogP contribution in [0.2, 0.25) is 0 Å². The summed E-state index contributed by atoms with van der Waals surface area (Å²) in [5.74, 6) is 1.55. The Labute approximate surface area is 167 Å². The van der Waals surface area contributed by atoms with Gasteiger partial charge in [0.2, 0.25) is 23.6 Å². The molecule has 1 fully saturated rings. The molecule has 10 nitrogen and oxygen atoms in total. The number of amides is 1. The van der Waals surface area contributed by atoms with E-state index in [0.29, 0.717) is 66.3 Å². The highest BCUT2D eigenvalue weighted by Gasteiger charge is 2.22. The van der Waals surface area contributed by atoms with Gasteiger partial charge < -0.3 is 24.4 Å². The summed E-state index contributed by atoms with van der Waals surface area (Å²) < 4.78 is 16.3. The van der Waals surface area contributed by atoms with Crippen LogP contribution in [0.1, 0.15) is 13.3 Å². The number of hydrogen-bond donors (Lipinski definition) is 1. The molecule has 0 bridgehead atoms. The Kier molecular flexibility index (Phi) is 6.82.